The predicted octanol–water partition coefficient (Wildman–Crippen LogP) is 4.75. The Kier molecular flexibility index (Phi) is 6.75. The Morgan fingerprint density at radius 2 is 1.59 bits per heavy atom. The number of fused-ring (bicyclic) bond motifs is 1. The highest BCUT2D eigenvalue weighted by Crippen LogP contribution is 2.86. The maximum Gasteiger partial charge on any atom is 0.310 e. The molecule has 1 fully saturated rings. The molecule has 0 spiro atoms. The summed E-state index contributed by atoms with van der Waals surface area (Å²) in [6, 6.07) is 0. The van der Waals surface area contributed by atoms with E-state index in [9.17, 15) is 14.4 Å². The lowest BCUT2D eigenvalue weighted by atomic mass is 9.95. The third-order valence-corrected chi connectivity index (χ3v) is 12.0. The lowest BCUT2D eigenvalue weighted by molar-refractivity contribution is -0.146. The Balaban J connectivity index is 2.38. The Labute approximate surface area is 177 Å². The van der Waals surface area contributed by atoms with E-state index in [1.54, 1.807) is 6.92 Å². The van der Waals surface area contributed by atoms with Crippen molar-refractivity contribution in [1.82, 2.24) is 0 Å². The molecule has 2 aliphatic rings. The van der Waals surface area contributed by atoms with Gasteiger partial charge in [-0.25, -0.2) is 0 Å². The van der Waals surface area contributed by atoms with Gasteiger partial charge in [-0.1, -0.05) is 51.8 Å². The first kappa shape index (κ1) is 24.1. The lowest BCUT2D eigenvalue weighted by Crippen LogP contribution is -2.42. The van der Waals surface area contributed by atoms with Crippen LogP contribution >= 0.6 is 0 Å². The molecule has 1 saturated carbocycles. The molecule has 29 heavy (non-hydrogen) atoms. The molecule has 0 saturated heterocycles. The normalized spacial score (nSPS) is 28.6. The molecular formula is C22H38O5Si2. The minimum absolute atomic E-state index is 0.181. The number of unbranched alkanes of at least 4 members (excludes halogenated alkanes) is 1. The molecule has 3 atom stereocenters. The van der Waals surface area contributed by atoms with E-state index in [0.717, 1.165) is 18.0 Å². The van der Waals surface area contributed by atoms with E-state index in [0.29, 0.717) is 26.1 Å². The van der Waals surface area contributed by atoms with E-state index < -0.39 is 26.6 Å². The summed E-state index contributed by atoms with van der Waals surface area (Å²) in [5, 5.41) is 0.400. The summed E-state index contributed by atoms with van der Waals surface area (Å²) >= 11 is 0. The second-order valence-electron chi connectivity index (χ2n) is 10.4. The third kappa shape index (κ3) is 3.80. The number of hydrogen-bond acceptors (Lipinski definition) is 5. The average Bonchev–Trinajstić information content (AvgIpc) is 3.10. The minimum atomic E-state index is -2.05. The molecule has 0 aromatic heterocycles. The van der Waals surface area contributed by atoms with Gasteiger partial charge in [-0.3, -0.25) is 14.4 Å². The van der Waals surface area contributed by atoms with Gasteiger partial charge >= 0.3 is 11.9 Å². The van der Waals surface area contributed by atoms with Crippen molar-refractivity contribution in [2.24, 2.45) is 11.3 Å². The Morgan fingerprint density at radius 3 is 2.07 bits per heavy atom. The van der Waals surface area contributed by atoms with Gasteiger partial charge in [0.2, 0.25) is 0 Å². The molecule has 2 aliphatic carbocycles. The molecule has 164 valence electrons. The highest BCUT2D eigenvalue weighted by Gasteiger charge is 2.88. The van der Waals surface area contributed by atoms with E-state index in [4.69, 9.17) is 9.47 Å². The summed E-state index contributed by atoms with van der Waals surface area (Å²) in [5.41, 5.74) is -0.426. The van der Waals surface area contributed by atoms with Crippen LogP contribution in [0.5, 0.6) is 0 Å². The number of allylic oxidation sites excluding steroid dienone is 2. The van der Waals surface area contributed by atoms with Crippen molar-refractivity contribution in [3.05, 3.63) is 11.3 Å². The minimum Gasteiger partial charge on any atom is -0.466 e. The maximum absolute atomic E-state index is 13.8. The van der Waals surface area contributed by atoms with Gasteiger partial charge in [-0.05, 0) is 31.9 Å². The van der Waals surface area contributed by atoms with Crippen LogP contribution in [0.1, 0.15) is 39.5 Å². The molecule has 7 heteroatoms. The first-order valence-electron chi connectivity index (χ1n) is 10.9. The zero-order valence-electron chi connectivity index (χ0n) is 19.4. The van der Waals surface area contributed by atoms with Crippen LogP contribution in [0.3, 0.4) is 0 Å². The third-order valence-electron chi connectivity index (χ3n) is 6.64. The standard InChI is InChI=1S/C22H38O5Si2/c1-9-26-17(23)13-11-12-14-21-15-16(28(3,4)5)19(24)22(21,29(6,7)8)18(21)20(25)27-10-2/h15,18H,9-14H2,1-8H3/t18-,21-,22+/m0/s1. The molecule has 0 amide bonds. The van der Waals surface area contributed by atoms with E-state index in [1.165, 1.54) is 0 Å². The fourth-order valence-electron chi connectivity index (χ4n) is 5.61. The fraction of sp³-hybridized carbons (Fsp3) is 0.773. The van der Waals surface area contributed by atoms with Gasteiger partial charge in [-0.15, -0.1) is 0 Å². The van der Waals surface area contributed by atoms with Crippen molar-refractivity contribution in [3.63, 3.8) is 0 Å². The van der Waals surface area contributed by atoms with Crippen LogP contribution in [-0.4, -0.2) is 47.1 Å². The summed E-state index contributed by atoms with van der Waals surface area (Å²) in [6.45, 7) is 17.6. The largest absolute Gasteiger partial charge is 0.466 e. The zero-order valence-corrected chi connectivity index (χ0v) is 21.4. The molecule has 0 bridgehead atoms. The van der Waals surface area contributed by atoms with Gasteiger partial charge in [0.05, 0.1) is 40.3 Å². The number of carbonyl (C=O) groups is 3. The van der Waals surface area contributed by atoms with Crippen LogP contribution in [0.15, 0.2) is 11.3 Å². The summed E-state index contributed by atoms with van der Waals surface area (Å²) in [6.07, 6.45) is 4.82. The van der Waals surface area contributed by atoms with Gasteiger partial charge in [0, 0.05) is 11.8 Å². The van der Waals surface area contributed by atoms with Crippen LogP contribution in [-0.2, 0) is 23.9 Å². The van der Waals surface area contributed by atoms with E-state index in [-0.39, 0.29) is 23.6 Å². The highest BCUT2D eigenvalue weighted by molar-refractivity contribution is 6.92. The van der Waals surface area contributed by atoms with E-state index >= 15 is 0 Å². The quantitative estimate of drug-likeness (QED) is 0.279. The molecule has 0 radical (unpaired) electrons. The fourth-order valence-corrected chi connectivity index (χ4v) is 11.0. The molecule has 0 aliphatic heterocycles. The average molecular weight is 439 g/mol. The number of carbonyl (C=O) groups excluding carboxylic acids is 3. The molecule has 0 unspecified atom stereocenters. The highest BCUT2D eigenvalue weighted by atomic mass is 28.3. The summed E-state index contributed by atoms with van der Waals surface area (Å²) in [7, 11) is -3.87. The van der Waals surface area contributed by atoms with Crippen molar-refractivity contribution in [1.29, 1.82) is 0 Å². The molecule has 0 aromatic carbocycles. The molecule has 2 rings (SSSR count). The van der Waals surface area contributed by atoms with Crippen molar-refractivity contribution in [2.75, 3.05) is 13.2 Å². The van der Waals surface area contributed by atoms with Crippen LogP contribution in [0, 0.1) is 11.3 Å². The lowest BCUT2D eigenvalue weighted by Gasteiger charge is -2.31. The smallest absolute Gasteiger partial charge is 0.310 e. The van der Waals surface area contributed by atoms with Crippen molar-refractivity contribution in [3.8, 4) is 0 Å². The topological polar surface area (TPSA) is 69.7 Å². The molecular weight excluding hydrogens is 400 g/mol. The van der Waals surface area contributed by atoms with Gasteiger partial charge in [0.15, 0.2) is 5.78 Å². The van der Waals surface area contributed by atoms with Gasteiger partial charge in [-0.2, -0.15) is 0 Å². The van der Waals surface area contributed by atoms with Crippen LogP contribution < -0.4 is 0 Å². The molecule has 0 N–H and O–H groups in total. The maximum atomic E-state index is 13.8. The monoisotopic (exact) mass is 438 g/mol. The second-order valence-corrected chi connectivity index (χ2v) is 20.8. The Morgan fingerprint density at radius 1 is 1.00 bits per heavy atom. The van der Waals surface area contributed by atoms with Crippen LogP contribution in [0.2, 0.25) is 44.3 Å². The summed E-state index contributed by atoms with van der Waals surface area (Å²) in [4.78, 5) is 38.5. The number of esters is 2. The van der Waals surface area contributed by atoms with Gasteiger partial charge in [0.1, 0.15) is 0 Å². The second kappa shape index (κ2) is 8.14. The first-order valence-corrected chi connectivity index (χ1v) is 17.9. The summed E-state index contributed by atoms with van der Waals surface area (Å²) < 4.78 is 10.5. The van der Waals surface area contributed by atoms with Gasteiger partial charge in [0.25, 0.3) is 0 Å². The molecule has 0 aromatic rings. The Bertz CT molecular complexity index is 716. The van der Waals surface area contributed by atoms with E-state index in [2.05, 4.69) is 45.4 Å². The summed E-state index contributed by atoms with van der Waals surface area (Å²) in [5.74, 6) is -0.546. The van der Waals surface area contributed by atoms with Crippen molar-refractivity contribution < 1.29 is 23.9 Å². The number of rotatable bonds is 10. The number of ketones is 1. The number of ether oxygens (including phenoxy) is 2. The van der Waals surface area contributed by atoms with Crippen molar-refractivity contribution >= 4 is 33.9 Å². The number of Topliss-reactive ketones (excluding diaryl/α,β-unsaturated/α-hetero) is 1. The van der Waals surface area contributed by atoms with Crippen molar-refractivity contribution in [2.45, 2.75) is 83.9 Å². The predicted molar refractivity (Wildman–Crippen MR) is 120 cm³/mol. The Hall–Kier alpha value is -1.22. The van der Waals surface area contributed by atoms with E-state index in [1.807, 2.05) is 6.92 Å². The van der Waals surface area contributed by atoms with Crippen LogP contribution in [0.4, 0.5) is 0 Å². The van der Waals surface area contributed by atoms with Crippen LogP contribution in [0.25, 0.3) is 0 Å². The van der Waals surface area contributed by atoms with Gasteiger partial charge < -0.3 is 9.47 Å². The molecule has 0 heterocycles. The number of hydrogen-bond donors (Lipinski definition) is 0. The zero-order chi connectivity index (χ0) is 22.3. The first-order chi connectivity index (χ1) is 13.3. The SMILES string of the molecule is CCOC(=O)CCCC[C@@]12C=C([Si](C)(C)C)C(=O)[C@]1([Si](C)(C)C)[C@H]2C(=O)OCC. The molecule has 5 nitrogen and oxygen atoms in total.